The van der Waals surface area contributed by atoms with E-state index in [1.807, 2.05) is 44.2 Å². The molecule has 1 aromatic heterocycles. The van der Waals surface area contributed by atoms with Gasteiger partial charge in [0.25, 0.3) is 5.91 Å². The number of nitrogens with zero attached hydrogens (tertiary/aromatic N) is 1. The Kier molecular flexibility index (Phi) is 6.95. The van der Waals surface area contributed by atoms with Gasteiger partial charge in [0, 0.05) is 24.7 Å². The van der Waals surface area contributed by atoms with Gasteiger partial charge in [-0.1, -0.05) is 30.3 Å². The lowest BCUT2D eigenvalue weighted by atomic mass is 9.93. The molecule has 2 aromatic rings. The number of aliphatic hydroxyl groups excluding tert-OH is 1. The molecule has 2 N–H and O–H groups in total. The van der Waals surface area contributed by atoms with Crippen LogP contribution in [0.2, 0.25) is 0 Å². The van der Waals surface area contributed by atoms with E-state index in [1.54, 1.807) is 19.1 Å². The lowest BCUT2D eigenvalue weighted by Crippen LogP contribution is -2.29. The van der Waals surface area contributed by atoms with Gasteiger partial charge in [0.05, 0.1) is 17.8 Å². The molecule has 134 valence electrons. The summed E-state index contributed by atoms with van der Waals surface area (Å²) in [5.41, 5.74) is 1.59. The van der Waals surface area contributed by atoms with E-state index in [0.29, 0.717) is 24.4 Å². The Labute approximate surface area is 149 Å². The Morgan fingerprint density at radius 2 is 1.88 bits per heavy atom. The van der Waals surface area contributed by atoms with Crippen molar-refractivity contribution in [2.45, 2.75) is 45.3 Å². The second-order valence-corrected chi connectivity index (χ2v) is 6.45. The zero-order chi connectivity index (χ0) is 18.2. The van der Waals surface area contributed by atoms with Crippen LogP contribution in [-0.4, -0.2) is 34.8 Å². The number of carbonyl (C=O) groups excluding carboxylic acids is 1. The standard InChI is InChI=1S/C20H26N2O3/c1-14(2)25-19-10-9-17(12-21-19)20(24)22-13-18(11-15(3)23)16-7-5-4-6-8-16/h4-10,12,14-15,18,23H,11,13H2,1-3H3,(H,22,24). The van der Waals surface area contributed by atoms with Crippen molar-refractivity contribution in [1.82, 2.24) is 10.3 Å². The summed E-state index contributed by atoms with van der Waals surface area (Å²) >= 11 is 0. The van der Waals surface area contributed by atoms with Crippen molar-refractivity contribution in [3.63, 3.8) is 0 Å². The molecule has 0 fully saturated rings. The number of carbonyl (C=O) groups is 1. The first kappa shape index (κ1) is 18.9. The minimum Gasteiger partial charge on any atom is -0.475 e. The maximum Gasteiger partial charge on any atom is 0.252 e. The van der Waals surface area contributed by atoms with E-state index in [4.69, 9.17) is 4.74 Å². The van der Waals surface area contributed by atoms with Gasteiger partial charge in [-0.25, -0.2) is 4.98 Å². The van der Waals surface area contributed by atoms with Gasteiger partial charge in [0.1, 0.15) is 0 Å². The van der Waals surface area contributed by atoms with Crippen LogP contribution >= 0.6 is 0 Å². The summed E-state index contributed by atoms with van der Waals surface area (Å²) in [6.45, 7) is 6.06. The third kappa shape index (κ3) is 6.19. The number of aliphatic hydroxyl groups is 1. The summed E-state index contributed by atoms with van der Waals surface area (Å²) in [6, 6.07) is 13.3. The number of nitrogens with one attached hydrogen (secondary N) is 1. The van der Waals surface area contributed by atoms with Crippen LogP contribution < -0.4 is 10.1 Å². The first-order valence-corrected chi connectivity index (χ1v) is 8.59. The highest BCUT2D eigenvalue weighted by atomic mass is 16.5. The summed E-state index contributed by atoms with van der Waals surface area (Å²) in [5.74, 6) is 0.375. The number of hydrogen-bond donors (Lipinski definition) is 2. The largest absolute Gasteiger partial charge is 0.475 e. The van der Waals surface area contributed by atoms with Crippen LogP contribution in [0.15, 0.2) is 48.7 Å². The summed E-state index contributed by atoms with van der Waals surface area (Å²) < 4.78 is 5.48. The molecule has 0 aliphatic carbocycles. The predicted molar refractivity (Wildman–Crippen MR) is 97.8 cm³/mol. The molecule has 5 nitrogen and oxygen atoms in total. The fourth-order valence-corrected chi connectivity index (χ4v) is 2.62. The Balaban J connectivity index is 1.98. The maximum absolute atomic E-state index is 12.3. The molecular weight excluding hydrogens is 316 g/mol. The predicted octanol–water partition coefficient (Wildman–Crippen LogP) is 3.15. The normalized spacial score (nSPS) is 13.3. The van der Waals surface area contributed by atoms with Gasteiger partial charge in [0.2, 0.25) is 5.88 Å². The molecular formula is C20H26N2O3. The molecule has 25 heavy (non-hydrogen) atoms. The van der Waals surface area contributed by atoms with Gasteiger partial charge in [-0.15, -0.1) is 0 Å². The van der Waals surface area contributed by atoms with Crippen molar-refractivity contribution in [2.24, 2.45) is 0 Å². The van der Waals surface area contributed by atoms with E-state index >= 15 is 0 Å². The van der Waals surface area contributed by atoms with Gasteiger partial charge in [0.15, 0.2) is 0 Å². The van der Waals surface area contributed by atoms with Crippen LogP contribution in [0.25, 0.3) is 0 Å². The highest BCUT2D eigenvalue weighted by Crippen LogP contribution is 2.20. The van der Waals surface area contributed by atoms with Crippen molar-refractivity contribution in [3.8, 4) is 5.88 Å². The molecule has 0 saturated carbocycles. The zero-order valence-corrected chi connectivity index (χ0v) is 15.0. The number of aromatic nitrogens is 1. The van der Waals surface area contributed by atoms with Gasteiger partial charge in [-0.05, 0) is 38.8 Å². The lowest BCUT2D eigenvalue weighted by Gasteiger charge is -2.19. The number of rotatable bonds is 8. The monoisotopic (exact) mass is 342 g/mol. The van der Waals surface area contributed by atoms with Crippen molar-refractivity contribution in [3.05, 3.63) is 59.8 Å². The van der Waals surface area contributed by atoms with Crippen molar-refractivity contribution >= 4 is 5.91 Å². The van der Waals surface area contributed by atoms with E-state index < -0.39 is 6.10 Å². The first-order valence-electron chi connectivity index (χ1n) is 8.59. The van der Waals surface area contributed by atoms with Crippen LogP contribution in [0.1, 0.15) is 49.0 Å². The number of ether oxygens (including phenoxy) is 1. The molecule has 1 aromatic carbocycles. The van der Waals surface area contributed by atoms with E-state index in [2.05, 4.69) is 10.3 Å². The second kappa shape index (κ2) is 9.18. The van der Waals surface area contributed by atoms with E-state index in [0.717, 1.165) is 5.56 Å². The summed E-state index contributed by atoms with van der Waals surface area (Å²) in [6.07, 6.45) is 1.71. The van der Waals surface area contributed by atoms with Gasteiger partial charge in [-0.3, -0.25) is 4.79 Å². The van der Waals surface area contributed by atoms with Crippen LogP contribution in [0.5, 0.6) is 5.88 Å². The molecule has 0 aliphatic rings. The van der Waals surface area contributed by atoms with Crippen LogP contribution in [-0.2, 0) is 0 Å². The fourth-order valence-electron chi connectivity index (χ4n) is 2.62. The minimum atomic E-state index is -0.434. The zero-order valence-electron chi connectivity index (χ0n) is 15.0. The SMILES string of the molecule is CC(O)CC(CNC(=O)c1ccc(OC(C)C)nc1)c1ccccc1. The molecule has 0 aliphatic heterocycles. The first-order chi connectivity index (χ1) is 12.0. The lowest BCUT2D eigenvalue weighted by molar-refractivity contribution is 0.0945. The van der Waals surface area contributed by atoms with Crippen LogP contribution in [0, 0.1) is 0 Å². The third-order valence-corrected chi connectivity index (χ3v) is 3.76. The Morgan fingerprint density at radius 1 is 1.16 bits per heavy atom. The van der Waals surface area contributed by atoms with Crippen molar-refractivity contribution < 1.29 is 14.6 Å². The minimum absolute atomic E-state index is 0.0410. The molecule has 2 rings (SSSR count). The smallest absolute Gasteiger partial charge is 0.252 e. The van der Waals surface area contributed by atoms with Gasteiger partial charge < -0.3 is 15.2 Å². The van der Waals surface area contributed by atoms with Gasteiger partial charge in [-0.2, -0.15) is 0 Å². The summed E-state index contributed by atoms with van der Waals surface area (Å²) in [4.78, 5) is 16.5. The van der Waals surface area contributed by atoms with Crippen molar-refractivity contribution in [2.75, 3.05) is 6.54 Å². The Bertz CT molecular complexity index is 654. The molecule has 0 bridgehead atoms. The average Bonchev–Trinajstić information content (AvgIpc) is 2.59. The van der Waals surface area contributed by atoms with Crippen molar-refractivity contribution in [1.29, 1.82) is 0 Å². The molecule has 2 unspecified atom stereocenters. The number of pyridine rings is 1. The molecule has 0 radical (unpaired) electrons. The highest BCUT2D eigenvalue weighted by Gasteiger charge is 2.16. The molecule has 2 atom stereocenters. The number of amides is 1. The molecule has 0 saturated heterocycles. The van der Waals surface area contributed by atoms with Gasteiger partial charge >= 0.3 is 0 Å². The van der Waals surface area contributed by atoms with E-state index in [9.17, 15) is 9.90 Å². The molecule has 5 heteroatoms. The Morgan fingerprint density at radius 3 is 2.44 bits per heavy atom. The van der Waals surface area contributed by atoms with E-state index in [1.165, 1.54) is 6.20 Å². The fraction of sp³-hybridized carbons (Fsp3) is 0.400. The quantitative estimate of drug-likeness (QED) is 0.773. The third-order valence-electron chi connectivity index (χ3n) is 3.76. The highest BCUT2D eigenvalue weighted by molar-refractivity contribution is 5.93. The number of benzene rings is 1. The topological polar surface area (TPSA) is 71.5 Å². The van der Waals surface area contributed by atoms with Crippen LogP contribution in [0.4, 0.5) is 0 Å². The molecule has 0 spiro atoms. The maximum atomic E-state index is 12.3. The van der Waals surface area contributed by atoms with E-state index in [-0.39, 0.29) is 17.9 Å². The second-order valence-electron chi connectivity index (χ2n) is 6.45. The van der Waals surface area contributed by atoms with Crippen LogP contribution in [0.3, 0.4) is 0 Å². The molecule has 1 heterocycles. The average molecular weight is 342 g/mol. The Hall–Kier alpha value is -2.40. The number of hydrogen-bond acceptors (Lipinski definition) is 4. The molecule has 1 amide bonds. The summed E-state index contributed by atoms with van der Waals surface area (Å²) in [7, 11) is 0. The summed E-state index contributed by atoms with van der Waals surface area (Å²) in [5, 5.41) is 12.7.